The Morgan fingerprint density at radius 3 is 2.14 bits per heavy atom. The van der Waals surface area contributed by atoms with Crippen molar-refractivity contribution in [3.05, 3.63) is 66.2 Å². The molecule has 0 aliphatic carbocycles. The highest BCUT2D eigenvalue weighted by molar-refractivity contribution is 5.92. The number of anilines is 1. The molecule has 2 aromatic rings. The lowest BCUT2D eigenvalue weighted by atomic mass is 10.2. The van der Waals surface area contributed by atoms with Crippen LogP contribution in [-0.2, 0) is 16.1 Å². The van der Waals surface area contributed by atoms with Crippen molar-refractivity contribution < 1.29 is 9.59 Å². The summed E-state index contributed by atoms with van der Waals surface area (Å²) in [7, 11) is 0. The predicted molar refractivity (Wildman–Crippen MR) is 87.4 cm³/mol. The van der Waals surface area contributed by atoms with Gasteiger partial charge >= 0.3 is 0 Å². The number of benzene rings is 2. The summed E-state index contributed by atoms with van der Waals surface area (Å²) in [5, 5.41) is 2.87. The Hall–Kier alpha value is -2.62. The maximum atomic E-state index is 11.9. The number of carbonyl (C=O) groups is 2. The standard InChI is InChI=1S/C18H20N2O2/c1-15(21)20(17-10-6-3-7-11-17)13-12-18(22)19-14-16-8-4-2-5-9-16/h2-11H,12-14H2,1H3,(H,19,22). The summed E-state index contributed by atoms with van der Waals surface area (Å²) in [5.74, 6) is -0.131. The van der Waals surface area contributed by atoms with Gasteiger partial charge in [-0.15, -0.1) is 0 Å². The molecule has 2 amide bonds. The number of rotatable bonds is 6. The topological polar surface area (TPSA) is 49.4 Å². The number of hydrogen-bond donors (Lipinski definition) is 1. The third-order valence-electron chi connectivity index (χ3n) is 3.34. The Labute approximate surface area is 130 Å². The Kier molecular flexibility index (Phi) is 5.72. The van der Waals surface area contributed by atoms with Gasteiger partial charge in [-0.25, -0.2) is 0 Å². The first-order chi connectivity index (χ1) is 10.7. The Morgan fingerprint density at radius 1 is 0.955 bits per heavy atom. The lowest BCUT2D eigenvalue weighted by molar-refractivity contribution is -0.121. The van der Waals surface area contributed by atoms with E-state index in [9.17, 15) is 9.59 Å². The zero-order chi connectivity index (χ0) is 15.8. The molecular weight excluding hydrogens is 276 g/mol. The Morgan fingerprint density at radius 2 is 1.55 bits per heavy atom. The van der Waals surface area contributed by atoms with Crippen LogP contribution in [0.25, 0.3) is 0 Å². The van der Waals surface area contributed by atoms with E-state index in [2.05, 4.69) is 5.32 Å². The quantitative estimate of drug-likeness (QED) is 0.891. The van der Waals surface area contributed by atoms with E-state index in [0.717, 1.165) is 11.3 Å². The van der Waals surface area contributed by atoms with Crippen molar-refractivity contribution in [1.82, 2.24) is 5.32 Å². The lowest BCUT2D eigenvalue weighted by Crippen LogP contribution is -2.33. The Bertz CT molecular complexity index is 611. The molecule has 0 atom stereocenters. The number of amides is 2. The molecule has 0 bridgehead atoms. The van der Waals surface area contributed by atoms with Crippen molar-refractivity contribution in [2.45, 2.75) is 19.9 Å². The fraction of sp³-hybridized carbons (Fsp3) is 0.222. The highest BCUT2D eigenvalue weighted by atomic mass is 16.2. The zero-order valence-electron chi connectivity index (χ0n) is 12.7. The van der Waals surface area contributed by atoms with E-state index in [1.807, 2.05) is 60.7 Å². The van der Waals surface area contributed by atoms with Gasteiger partial charge in [0.1, 0.15) is 0 Å². The molecular formula is C18H20N2O2. The number of carbonyl (C=O) groups excluding carboxylic acids is 2. The molecule has 2 aromatic carbocycles. The average molecular weight is 296 g/mol. The van der Waals surface area contributed by atoms with Crippen LogP contribution in [0.15, 0.2) is 60.7 Å². The highest BCUT2D eigenvalue weighted by Crippen LogP contribution is 2.13. The normalized spacial score (nSPS) is 10.0. The molecule has 4 heteroatoms. The summed E-state index contributed by atoms with van der Waals surface area (Å²) in [6.07, 6.45) is 0.279. The molecule has 0 spiro atoms. The van der Waals surface area contributed by atoms with Crippen molar-refractivity contribution in [3.8, 4) is 0 Å². The second-order valence-electron chi connectivity index (χ2n) is 5.02. The molecule has 0 unspecified atom stereocenters. The van der Waals surface area contributed by atoms with E-state index < -0.39 is 0 Å². The SMILES string of the molecule is CC(=O)N(CCC(=O)NCc1ccccc1)c1ccccc1. The van der Waals surface area contributed by atoms with E-state index in [-0.39, 0.29) is 18.2 Å². The van der Waals surface area contributed by atoms with Crippen molar-refractivity contribution in [2.75, 3.05) is 11.4 Å². The molecule has 0 aliphatic heterocycles. The smallest absolute Gasteiger partial charge is 0.223 e. The minimum absolute atomic E-state index is 0.0639. The van der Waals surface area contributed by atoms with Gasteiger partial charge in [0.2, 0.25) is 11.8 Å². The van der Waals surface area contributed by atoms with Gasteiger partial charge in [0, 0.05) is 32.1 Å². The van der Waals surface area contributed by atoms with E-state index in [1.165, 1.54) is 6.92 Å². The van der Waals surface area contributed by atoms with Gasteiger partial charge in [-0.2, -0.15) is 0 Å². The first-order valence-corrected chi connectivity index (χ1v) is 7.30. The number of para-hydroxylation sites is 1. The fourth-order valence-electron chi connectivity index (χ4n) is 2.17. The van der Waals surface area contributed by atoms with Crippen LogP contribution in [0.3, 0.4) is 0 Å². The van der Waals surface area contributed by atoms with Crippen molar-refractivity contribution in [2.24, 2.45) is 0 Å². The predicted octanol–water partition coefficient (Wildman–Crippen LogP) is 2.75. The summed E-state index contributed by atoms with van der Waals surface area (Å²) < 4.78 is 0. The van der Waals surface area contributed by atoms with Gasteiger partial charge < -0.3 is 10.2 Å². The van der Waals surface area contributed by atoms with E-state index in [4.69, 9.17) is 0 Å². The first-order valence-electron chi connectivity index (χ1n) is 7.30. The molecule has 0 aromatic heterocycles. The summed E-state index contributed by atoms with van der Waals surface area (Å²) in [6, 6.07) is 19.1. The van der Waals surface area contributed by atoms with Crippen molar-refractivity contribution in [3.63, 3.8) is 0 Å². The minimum atomic E-state index is -0.0675. The van der Waals surface area contributed by atoms with Gasteiger partial charge in [-0.1, -0.05) is 48.5 Å². The second kappa shape index (κ2) is 7.98. The molecule has 114 valence electrons. The molecule has 1 N–H and O–H groups in total. The third kappa shape index (κ3) is 4.74. The summed E-state index contributed by atoms with van der Waals surface area (Å²) in [6.45, 7) is 2.39. The van der Waals surface area contributed by atoms with E-state index in [0.29, 0.717) is 13.1 Å². The first kappa shape index (κ1) is 15.8. The monoisotopic (exact) mass is 296 g/mol. The van der Waals surface area contributed by atoms with Gasteiger partial charge in [-0.3, -0.25) is 9.59 Å². The van der Waals surface area contributed by atoms with Crippen LogP contribution in [0.2, 0.25) is 0 Å². The lowest BCUT2D eigenvalue weighted by Gasteiger charge is -2.20. The van der Waals surface area contributed by atoms with E-state index >= 15 is 0 Å². The van der Waals surface area contributed by atoms with Crippen LogP contribution < -0.4 is 10.2 Å². The molecule has 0 heterocycles. The largest absolute Gasteiger partial charge is 0.352 e. The van der Waals surface area contributed by atoms with Crippen LogP contribution in [0.5, 0.6) is 0 Å². The molecule has 0 radical (unpaired) electrons. The van der Waals surface area contributed by atoms with E-state index in [1.54, 1.807) is 4.90 Å². The molecule has 22 heavy (non-hydrogen) atoms. The fourth-order valence-corrected chi connectivity index (χ4v) is 2.17. The van der Waals surface area contributed by atoms with Crippen molar-refractivity contribution >= 4 is 17.5 Å². The van der Waals surface area contributed by atoms with Gasteiger partial charge in [-0.05, 0) is 17.7 Å². The average Bonchev–Trinajstić information content (AvgIpc) is 2.55. The second-order valence-corrected chi connectivity index (χ2v) is 5.02. The molecule has 0 aliphatic rings. The van der Waals surface area contributed by atoms with Crippen LogP contribution >= 0.6 is 0 Å². The highest BCUT2D eigenvalue weighted by Gasteiger charge is 2.12. The number of hydrogen-bond acceptors (Lipinski definition) is 2. The summed E-state index contributed by atoms with van der Waals surface area (Å²) in [4.78, 5) is 25.3. The zero-order valence-corrected chi connectivity index (χ0v) is 12.7. The Balaban J connectivity index is 1.85. The molecule has 0 saturated heterocycles. The molecule has 4 nitrogen and oxygen atoms in total. The van der Waals surface area contributed by atoms with Gasteiger partial charge in [0.25, 0.3) is 0 Å². The molecule has 0 saturated carbocycles. The molecule has 0 fully saturated rings. The van der Waals surface area contributed by atoms with Crippen LogP contribution in [0.4, 0.5) is 5.69 Å². The summed E-state index contributed by atoms with van der Waals surface area (Å²) in [5.41, 5.74) is 1.87. The number of nitrogens with one attached hydrogen (secondary N) is 1. The minimum Gasteiger partial charge on any atom is -0.352 e. The van der Waals surface area contributed by atoms with Gasteiger partial charge in [0.15, 0.2) is 0 Å². The maximum absolute atomic E-state index is 11.9. The molecule has 2 rings (SSSR count). The van der Waals surface area contributed by atoms with Crippen LogP contribution in [0, 0.1) is 0 Å². The van der Waals surface area contributed by atoms with Crippen molar-refractivity contribution in [1.29, 1.82) is 0 Å². The summed E-state index contributed by atoms with van der Waals surface area (Å²) >= 11 is 0. The van der Waals surface area contributed by atoms with Crippen LogP contribution in [-0.4, -0.2) is 18.4 Å². The maximum Gasteiger partial charge on any atom is 0.223 e. The van der Waals surface area contributed by atoms with Gasteiger partial charge in [0.05, 0.1) is 0 Å². The third-order valence-corrected chi connectivity index (χ3v) is 3.34. The van der Waals surface area contributed by atoms with Crippen LogP contribution in [0.1, 0.15) is 18.9 Å². The number of nitrogens with zero attached hydrogens (tertiary/aromatic N) is 1.